The zero-order chi connectivity index (χ0) is 13.9. The maximum absolute atomic E-state index is 13.4. The molecule has 1 unspecified atom stereocenters. The van der Waals surface area contributed by atoms with Crippen LogP contribution in [0, 0.1) is 21.7 Å². The molecule has 1 aromatic carbocycles. The molecule has 0 bridgehead atoms. The van der Waals surface area contributed by atoms with Gasteiger partial charge in [0.1, 0.15) is 11.9 Å². The standard InChI is InChI=1S/C10H10F2N2O4/c1-2-7(10(15)16)13-9-6(12)3-5(11)4-8(9)14(17)18/h3-4,7,13H,2H2,1H3,(H,15,16). The maximum atomic E-state index is 13.4. The van der Waals surface area contributed by atoms with Crippen LogP contribution < -0.4 is 5.32 Å². The van der Waals surface area contributed by atoms with Gasteiger partial charge in [0.05, 0.1) is 11.0 Å². The Morgan fingerprint density at radius 1 is 1.56 bits per heavy atom. The van der Waals surface area contributed by atoms with Crippen molar-refractivity contribution >= 4 is 17.3 Å². The van der Waals surface area contributed by atoms with Gasteiger partial charge in [0, 0.05) is 6.07 Å². The molecule has 18 heavy (non-hydrogen) atoms. The molecule has 0 amide bonds. The molecule has 1 aromatic rings. The van der Waals surface area contributed by atoms with E-state index in [4.69, 9.17) is 5.11 Å². The summed E-state index contributed by atoms with van der Waals surface area (Å²) >= 11 is 0. The quantitative estimate of drug-likeness (QED) is 0.625. The Morgan fingerprint density at radius 3 is 2.61 bits per heavy atom. The van der Waals surface area contributed by atoms with Gasteiger partial charge in [-0.3, -0.25) is 10.1 Å². The number of carboxylic acids is 1. The van der Waals surface area contributed by atoms with E-state index in [9.17, 15) is 23.7 Å². The van der Waals surface area contributed by atoms with E-state index in [0.717, 1.165) is 0 Å². The molecule has 0 aliphatic rings. The first-order valence-electron chi connectivity index (χ1n) is 4.99. The van der Waals surface area contributed by atoms with Crippen molar-refractivity contribution in [3.63, 3.8) is 0 Å². The Kier molecular flexibility index (Phi) is 4.13. The number of hydrogen-bond donors (Lipinski definition) is 2. The zero-order valence-corrected chi connectivity index (χ0v) is 9.31. The molecule has 0 aliphatic heterocycles. The molecule has 0 aromatic heterocycles. The Bertz CT molecular complexity index is 493. The van der Waals surface area contributed by atoms with E-state index < -0.39 is 39.9 Å². The van der Waals surface area contributed by atoms with Crippen molar-refractivity contribution in [1.82, 2.24) is 0 Å². The molecule has 1 rings (SSSR count). The first kappa shape index (κ1) is 13.8. The SMILES string of the molecule is CCC(Nc1c(F)cc(F)cc1[N+](=O)[O-])C(=O)O. The van der Waals surface area contributed by atoms with Gasteiger partial charge in [0.15, 0.2) is 11.5 Å². The van der Waals surface area contributed by atoms with Crippen LogP contribution in [-0.2, 0) is 4.79 Å². The van der Waals surface area contributed by atoms with Gasteiger partial charge in [-0.15, -0.1) is 0 Å². The lowest BCUT2D eigenvalue weighted by Gasteiger charge is -2.14. The largest absolute Gasteiger partial charge is 0.480 e. The lowest BCUT2D eigenvalue weighted by Crippen LogP contribution is -2.29. The van der Waals surface area contributed by atoms with Crippen LogP contribution in [0.5, 0.6) is 0 Å². The second kappa shape index (κ2) is 5.39. The van der Waals surface area contributed by atoms with Gasteiger partial charge in [-0.2, -0.15) is 0 Å². The van der Waals surface area contributed by atoms with Crippen LogP contribution in [0.25, 0.3) is 0 Å². The summed E-state index contributed by atoms with van der Waals surface area (Å²) in [7, 11) is 0. The first-order valence-corrected chi connectivity index (χ1v) is 4.99. The average molecular weight is 260 g/mol. The lowest BCUT2D eigenvalue weighted by atomic mass is 10.2. The highest BCUT2D eigenvalue weighted by molar-refractivity contribution is 5.79. The van der Waals surface area contributed by atoms with Crippen LogP contribution in [0.3, 0.4) is 0 Å². The third-order valence-corrected chi connectivity index (χ3v) is 2.26. The fourth-order valence-corrected chi connectivity index (χ4v) is 1.36. The van der Waals surface area contributed by atoms with Crippen molar-refractivity contribution in [2.75, 3.05) is 5.32 Å². The summed E-state index contributed by atoms with van der Waals surface area (Å²) in [6.45, 7) is 1.51. The zero-order valence-electron chi connectivity index (χ0n) is 9.31. The number of hydrogen-bond acceptors (Lipinski definition) is 4. The summed E-state index contributed by atoms with van der Waals surface area (Å²) in [4.78, 5) is 20.4. The monoisotopic (exact) mass is 260 g/mol. The van der Waals surface area contributed by atoms with E-state index in [0.29, 0.717) is 12.1 Å². The average Bonchev–Trinajstić information content (AvgIpc) is 2.26. The molecule has 2 N–H and O–H groups in total. The Morgan fingerprint density at radius 2 is 2.17 bits per heavy atom. The summed E-state index contributed by atoms with van der Waals surface area (Å²) in [5.74, 6) is -3.59. The molecule has 6 nitrogen and oxygen atoms in total. The van der Waals surface area contributed by atoms with E-state index in [1.54, 1.807) is 0 Å². The highest BCUT2D eigenvalue weighted by atomic mass is 19.1. The van der Waals surface area contributed by atoms with E-state index in [-0.39, 0.29) is 6.42 Å². The van der Waals surface area contributed by atoms with Crippen molar-refractivity contribution in [1.29, 1.82) is 0 Å². The van der Waals surface area contributed by atoms with E-state index in [1.165, 1.54) is 6.92 Å². The number of nitro groups is 1. The van der Waals surface area contributed by atoms with Crippen LogP contribution in [0.1, 0.15) is 13.3 Å². The molecule has 0 radical (unpaired) electrons. The van der Waals surface area contributed by atoms with Gasteiger partial charge in [-0.25, -0.2) is 13.6 Å². The van der Waals surface area contributed by atoms with E-state index >= 15 is 0 Å². The topological polar surface area (TPSA) is 92.5 Å². The first-order chi connectivity index (χ1) is 8.36. The number of rotatable bonds is 5. The number of nitrogens with one attached hydrogen (secondary N) is 1. The second-order valence-corrected chi connectivity index (χ2v) is 3.48. The fourth-order valence-electron chi connectivity index (χ4n) is 1.36. The van der Waals surface area contributed by atoms with Crippen LogP contribution in [0.2, 0.25) is 0 Å². The number of nitro benzene ring substituents is 1. The van der Waals surface area contributed by atoms with Gasteiger partial charge in [0.25, 0.3) is 5.69 Å². The van der Waals surface area contributed by atoms with Gasteiger partial charge in [-0.05, 0) is 6.42 Å². The predicted molar refractivity (Wildman–Crippen MR) is 58.3 cm³/mol. The van der Waals surface area contributed by atoms with Crippen LogP contribution in [0.15, 0.2) is 12.1 Å². The minimum Gasteiger partial charge on any atom is -0.480 e. The Balaban J connectivity index is 3.22. The molecular weight excluding hydrogens is 250 g/mol. The highest BCUT2D eigenvalue weighted by Gasteiger charge is 2.25. The lowest BCUT2D eigenvalue weighted by molar-refractivity contribution is -0.384. The molecule has 98 valence electrons. The number of anilines is 1. The van der Waals surface area contributed by atoms with Gasteiger partial charge < -0.3 is 10.4 Å². The van der Waals surface area contributed by atoms with Crippen molar-refractivity contribution in [3.05, 3.63) is 33.9 Å². The predicted octanol–water partition coefficient (Wildman–Crippen LogP) is 2.15. The number of carboxylic acid groups (broad SMARTS) is 1. The molecule has 0 spiro atoms. The maximum Gasteiger partial charge on any atom is 0.326 e. The van der Waals surface area contributed by atoms with Gasteiger partial charge in [0.2, 0.25) is 0 Å². The number of aliphatic carboxylic acids is 1. The molecule has 0 saturated heterocycles. The number of benzene rings is 1. The van der Waals surface area contributed by atoms with Gasteiger partial charge >= 0.3 is 5.97 Å². The molecule has 0 saturated carbocycles. The normalized spacial score (nSPS) is 11.9. The summed E-state index contributed by atoms with van der Waals surface area (Å²) in [6, 6.07) is -0.215. The molecule has 0 fully saturated rings. The minimum atomic E-state index is -1.28. The Labute approximate surface area is 100 Å². The molecule has 8 heteroatoms. The molecule has 0 aliphatic carbocycles. The van der Waals surface area contributed by atoms with Crippen molar-refractivity contribution in [2.45, 2.75) is 19.4 Å². The smallest absolute Gasteiger partial charge is 0.326 e. The summed E-state index contributed by atoms with van der Waals surface area (Å²) in [5.41, 5.74) is -1.47. The molecule has 1 atom stereocenters. The Hall–Kier alpha value is -2.25. The second-order valence-electron chi connectivity index (χ2n) is 3.48. The van der Waals surface area contributed by atoms with Gasteiger partial charge in [-0.1, -0.05) is 6.92 Å². The summed E-state index contributed by atoms with van der Waals surface area (Å²) < 4.78 is 26.3. The number of carbonyl (C=O) groups is 1. The van der Waals surface area contributed by atoms with Crippen molar-refractivity contribution in [2.24, 2.45) is 0 Å². The van der Waals surface area contributed by atoms with Crippen molar-refractivity contribution < 1.29 is 23.6 Å². The van der Waals surface area contributed by atoms with E-state index in [2.05, 4.69) is 5.32 Å². The highest BCUT2D eigenvalue weighted by Crippen LogP contribution is 2.29. The van der Waals surface area contributed by atoms with E-state index in [1.807, 2.05) is 0 Å². The molecular formula is C10H10F2N2O4. The summed E-state index contributed by atoms with van der Waals surface area (Å²) in [6.07, 6.45) is 0.0866. The number of nitrogens with zero attached hydrogens (tertiary/aromatic N) is 1. The third-order valence-electron chi connectivity index (χ3n) is 2.26. The van der Waals surface area contributed by atoms with Crippen LogP contribution in [-0.4, -0.2) is 22.0 Å². The minimum absolute atomic E-state index is 0.0866. The van der Waals surface area contributed by atoms with Crippen LogP contribution in [0.4, 0.5) is 20.2 Å². The molecule has 0 heterocycles. The third kappa shape index (κ3) is 2.90. The summed E-state index contributed by atoms with van der Waals surface area (Å²) in [5, 5.41) is 21.6. The van der Waals surface area contributed by atoms with Crippen molar-refractivity contribution in [3.8, 4) is 0 Å². The fraction of sp³-hybridized carbons (Fsp3) is 0.300. The van der Waals surface area contributed by atoms with Crippen LogP contribution >= 0.6 is 0 Å². The number of halogens is 2.